The average molecular weight is 230 g/mol. The number of nitrogens with zero attached hydrogens (tertiary/aromatic N) is 1. The number of fused-ring (bicyclic) bond motifs is 1. The van der Waals surface area contributed by atoms with E-state index in [1.807, 2.05) is 0 Å². The van der Waals surface area contributed by atoms with Gasteiger partial charge in [0.2, 0.25) is 0 Å². The number of anilines is 1. The van der Waals surface area contributed by atoms with E-state index in [-0.39, 0.29) is 0 Å². The van der Waals surface area contributed by atoms with Crippen LogP contribution in [-0.2, 0) is 11.8 Å². The maximum absolute atomic E-state index is 5.79. The average Bonchev–Trinajstić information content (AvgIpc) is 2.65. The maximum Gasteiger partial charge on any atom is 0.0397 e. The van der Waals surface area contributed by atoms with Gasteiger partial charge in [-0.25, -0.2) is 0 Å². The van der Waals surface area contributed by atoms with Crippen molar-refractivity contribution in [1.29, 1.82) is 0 Å². The van der Waals surface area contributed by atoms with Crippen molar-refractivity contribution in [3.63, 3.8) is 0 Å². The van der Waals surface area contributed by atoms with E-state index in [1.54, 1.807) is 5.56 Å². The zero-order valence-corrected chi connectivity index (χ0v) is 10.7. The van der Waals surface area contributed by atoms with Gasteiger partial charge in [-0.15, -0.1) is 0 Å². The molecule has 2 heteroatoms. The Morgan fingerprint density at radius 1 is 1.35 bits per heavy atom. The van der Waals surface area contributed by atoms with Crippen molar-refractivity contribution in [2.75, 3.05) is 25.0 Å². The zero-order valence-electron chi connectivity index (χ0n) is 10.7. The van der Waals surface area contributed by atoms with Crippen molar-refractivity contribution in [3.05, 3.63) is 29.3 Å². The van der Waals surface area contributed by atoms with Crippen LogP contribution in [0.3, 0.4) is 0 Å². The van der Waals surface area contributed by atoms with Gasteiger partial charge in [0.15, 0.2) is 0 Å². The number of hydrogen-bond donors (Lipinski definition) is 1. The van der Waals surface area contributed by atoms with Gasteiger partial charge in [-0.2, -0.15) is 0 Å². The fourth-order valence-corrected chi connectivity index (χ4v) is 3.46. The third-order valence-electron chi connectivity index (χ3n) is 4.75. The molecule has 0 saturated heterocycles. The van der Waals surface area contributed by atoms with Gasteiger partial charge in [-0.1, -0.05) is 18.6 Å². The van der Waals surface area contributed by atoms with E-state index in [0.29, 0.717) is 5.41 Å². The topological polar surface area (TPSA) is 29.3 Å². The first-order chi connectivity index (χ1) is 8.25. The number of hydrogen-bond acceptors (Lipinski definition) is 2. The van der Waals surface area contributed by atoms with Crippen LogP contribution in [0.2, 0.25) is 0 Å². The summed E-state index contributed by atoms with van der Waals surface area (Å²) in [4.78, 5) is 2.36. The Morgan fingerprint density at radius 3 is 2.82 bits per heavy atom. The zero-order chi connectivity index (χ0) is 11.9. The predicted octanol–water partition coefficient (Wildman–Crippen LogP) is 2.45. The largest absolute Gasteiger partial charge is 0.374 e. The first-order valence-electron chi connectivity index (χ1n) is 6.80. The lowest BCUT2D eigenvalue weighted by atomic mass is 9.62. The molecule has 2 N–H and O–H groups in total. The SMILES string of the molecule is CN1CCc2cc(C3(CCN)CCC3)ccc21. The second-order valence-electron chi connectivity index (χ2n) is 5.69. The highest BCUT2D eigenvalue weighted by Crippen LogP contribution is 2.47. The number of benzene rings is 1. The fourth-order valence-electron chi connectivity index (χ4n) is 3.46. The Labute approximate surface area is 104 Å². The summed E-state index contributed by atoms with van der Waals surface area (Å²) in [5, 5.41) is 0. The Hall–Kier alpha value is -1.02. The molecule has 2 nitrogen and oxygen atoms in total. The first kappa shape index (κ1) is 11.1. The van der Waals surface area contributed by atoms with Crippen LogP contribution in [0, 0.1) is 0 Å². The van der Waals surface area contributed by atoms with Crippen LogP contribution in [0.1, 0.15) is 36.8 Å². The van der Waals surface area contributed by atoms with Crippen molar-refractivity contribution >= 4 is 5.69 Å². The van der Waals surface area contributed by atoms with Crippen LogP contribution >= 0.6 is 0 Å². The molecule has 3 rings (SSSR count). The van der Waals surface area contributed by atoms with Crippen molar-refractivity contribution in [2.24, 2.45) is 5.73 Å². The predicted molar refractivity (Wildman–Crippen MR) is 72.6 cm³/mol. The molecule has 1 fully saturated rings. The molecule has 2 aliphatic rings. The number of nitrogens with two attached hydrogens (primary N) is 1. The molecule has 92 valence electrons. The van der Waals surface area contributed by atoms with Crippen LogP contribution in [0.5, 0.6) is 0 Å². The van der Waals surface area contributed by atoms with E-state index in [4.69, 9.17) is 5.73 Å². The molecule has 0 spiro atoms. The molecule has 1 saturated carbocycles. The normalized spacial score (nSPS) is 21.2. The lowest BCUT2D eigenvalue weighted by Gasteiger charge is -2.42. The molecule has 0 bridgehead atoms. The minimum Gasteiger partial charge on any atom is -0.374 e. The van der Waals surface area contributed by atoms with E-state index < -0.39 is 0 Å². The van der Waals surface area contributed by atoms with E-state index in [0.717, 1.165) is 13.0 Å². The van der Waals surface area contributed by atoms with E-state index >= 15 is 0 Å². The molecule has 0 atom stereocenters. The molecular formula is C15H22N2. The van der Waals surface area contributed by atoms with Crippen LogP contribution in [0.25, 0.3) is 0 Å². The summed E-state index contributed by atoms with van der Waals surface area (Å²) in [6.07, 6.45) is 6.40. The summed E-state index contributed by atoms with van der Waals surface area (Å²) in [5.74, 6) is 0. The molecule has 1 aliphatic heterocycles. The Bertz CT molecular complexity index is 421. The second-order valence-corrected chi connectivity index (χ2v) is 5.69. The van der Waals surface area contributed by atoms with Gasteiger partial charge >= 0.3 is 0 Å². The van der Waals surface area contributed by atoms with Crippen LogP contribution in [0.4, 0.5) is 5.69 Å². The van der Waals surface area contributed by atoms with E-state index in [2.05, 4.69) is 30.1 Å². The molecule has 1 aliphatic carbocycles. The highest BCUT2D eigenvalue weighted by atomic mass is 15.1. The number of rotatable bonds is 3. The summed E-state index contributed by atoms with van der Waals surface area (Å²) in [7, 11) is 2.19. The minimum atomic E-state index is 0.422. The Kier molecular flexibility index (Phi) is 2.62. The molecule has 1 aromatic rings. The molecular weight excluding hydrogens is 208 g/mol. The highest BCUT2D eigenvalue weighted by molar-refractivity contribution is 5.59. The lowest BCUT2D eigenvalue weighted by Crippen LogP contribution is -2.36. The summed E-state index contributed by atoms with van der Waals surface area (Å²) in [5.41, 5.74) is 10.7. The van der Waals surface area contributed by atoms with Gasteiger partial charge in [0.25, 0.3) is 0 Å². The smallest absolute Gasteiger partial charge is 0.0397 e. The van der Waals surface area contributed by atoms with Crippen molar-refractivity contribution in [1.82, 2.24) is 0 Å². The van der Waals surface area contributed by atoms with Crippen molar-refractivity contribution in [2.45, 2.75) is 37.5 Å². The minimum absolute atomic E-state index is 0.422. The molecule has 0 radical (unpaired) electrons. The van der Waals surface area contributed by atoms with Crippen LogP contribution in [-0.4, -0.2) is 20.1 Å². The second kappa shape index (κ2) is 4.02. The summed E-state index contributed by atoms with van der Waals surface area (Å²) in [6, 6.07) is 7.11. The van der Waals surface area contributed by atoms with E-state index in [1.165, 1.54) is 43.5 Å². The van der Waals surface area contributed by atoms with Gasteiger partial charge in [-0.05, 0) is 54.8 Å². The molecule has 17 heavy (non-hydrogen) atoms. The Balaban J connectivity index is 1.94. The standard InChI is InChI=1S/C15H22N2/c1-17-10-5-12-11-13(3-4-14(12)17)15(8-9-16)6-2-7-15/h3-4,11H,2,5-10,16H2,1H3. The monoisotopic (exact) mass is 230 g/mol. The molecule has 0 unspecified atom stereocenters. The summed E-state index contributed by atoms with van der Waals surface area (Å²) < 4.78 is 0. The van der Waals surface area contributed by atoms with Gasteiger partial charge in [0, 0.05) is 19.3 Å². The molecule has 0 amide bonds. The maximum atomic E-state index is 5.79. The van der Waals surface area contributed by atoms with Gasteiger partial charge in [0.1, 0.15) is 0 Å². The van der Waals surface area contributed by atoms with Crippen LogP contribution < -0.4 is 10.6 Å². The third-order valence-corrected chi connectivity index (χ3v) is 4.75. The molecule has 0 aromatic heterocycles. The quantitative estimate of drug-likeness (QED) is 0.864. The fraction of sp³-hybridized carbons (Fsp3) is 0.600. The van der Waals surface area contributed by atoms with Crippen molar-refractivity contribution in [3.8, 4) is 0 Å². The first-order valence-corrected chi connectivity index (χ1v) is 6.80. The van der Waals surface area contributed by atoms with Crippen molar-refractivity contribution < 1.29 is 0 Å². The Morgan fingerprint density at radius 2 is 2.18 bits per heavy atom. The molecule has 1 aromatic carbocycles. The summed E-state index contributed by atoms with van der Waals surface area (Å²) >= 11 is 0. The van der Waals surface area contributed by atoms with E-state index in [9.17, 15) is 0 Å². The highest BCUT2D eigenvalue weighted by Gasteiger charge is 2.38. The van der Waals surface area contributed by atoms with Gasteiger partial charge in [-0.3, -0.25) is 0 Å². The lowest BCUT2D eigenvalue weighted by molar-refractivity contribution is 0.229. The molecule has 1 heterocycles. The van der Waals surface area contributed by atoms with Gasteiger partial charge in [0.05, 0.1) is 0 Å². The van der Waals surface area contributed by atoms with Gasteiger partial charge < -0.3 is 10.6 Å². The third kappa shape index (κ3) is 1.66. The summed E-state index contributed by atoms with van der Waals surface area (Å²) in [6.45, 7) is 1.99. The number of likely N-dealkylation sites (N-methyl/N-ethyl adjacent to an activating group) is 1. The van der Waals surface area contributed by atoms with Crippen LogP contribution in [0.15, 0.2) is 18.2 Å².